The molecule has 0 aliphatic heterocycles. The molecule has 1 aromatic carbocycles. The van der Waals surface area contributed by atoms with E-state index in [9.17, 15) is 4.39 Å². The Morgan fingerprint density at radius 1 is 1.45 bits per heavy atom. The van der Waals surface area contributed by atoms with Gasteiger partial charge >= 0.3 is 0 Å². The van der Waals surface area contributed by atoms with Crippen LogP contribution in [0.1, 0.15) is 22.5 Å². The number of furan rings is 1. The molecule has 2 heterocycles. The van der Waals surface area contributed by atoms with Crippen molar-refractivity contribution in [1.82, 2.24) is 10.4 Å². The number of rotatable bonds is 4. The van der Waals surface area contributed by atoms with Crippen molar-refractivity contribution < 1.29 is 8.81 Å². The van der Waals surface area contributed by atoms with E-state index in [-0.39, 0.29) is 11.9 Å². The first kappa shape index (κ1) is 13.2. The lowest BCUT2D eigenvalue weighted by molar-refractivity contribution is 0.434. The van der Waals surface area contributed by atoms with Gasteiger partial charge < -0.3 is 4.42 Å². The second kappa shape index (κ2) is 5.32. The third-order valence-electron chi connectivity index (χ3n) is 3.09. The molecule has 20 heavy (non-hydrogen) atoms. The van der Waals surface area contributed by atoms with Crippen LogP contribution in [0.3, 0.4) is 0 Å². The Morgan fingerprint density at radius 3 is 3.00 bits per heavy atom. The summed E-state index contributed by atoms with van der Waals surface area (Å²) in [5, 5.41) is 3.71. The van der Waals surface area contributed by atoms with Crippen molar-refractivity contribution in [2.75, 3.05) is 0 Å². The molecule has 0 saturated heterocycles. The first-order chi connectivity index (χ1) is 9.65. The zero-order chi connectivity index (χ0) is 14.1. The lowest BCUT2D eigenvalue weighted by atomic mass is 10.1. The normalized spacial score (nSPS) is 12.9. The highest BCUT2D eigenvalue weighted by atomic mass is 32.1. The van der Waals surface area contributed by atoms with Crippen LogP contribution < -0.4 is 11.3 Å². The molecule has 3 rings (SSSR count). The van der Waals surface area contributed by atoms with Crippen molar-refractivity contribution in [3.63, 3.8) is 0 Å². The van der Waals surface area contributed by atoms with Gasteiger partial charge in [0.25, 0.3) is 0 Å². The summed E-state index contributed by atoms with van der Waals surface area (Å²) in [6.45, 7) is 1.95. The molecule has 0 fully saturated rings. The number of aromatic nitrogens is 1. The molecule has 0 saturated carbocycles. The van der Waals surface area contributed by atoms with Gasteiger partial charge in [-0.15, -0.1) is 11.3 Å². The van der Waals surface area contributed by atoms with E-state index in [2.05, 4.69) is 10.4 Å². The number of hydrogen-bond acceptors (Lipinski definition) is 5. The summed E-state index contributed by atoms with van der Waals surface area (Å²) in [4.78, 5) is 4.41. The number of nitrogens with two attached hydrogens (primary N) is 1. The van der Waals surface area contributed by atoms with Crippen molar-refractivity contribution in [1.29, 1.82) is 0 Å². The van der Waals surface area contributed by atoms with Crippen LogP contribution in [0.4, 0.5) is 4.39 Å². The van der Waals surface area contributed by atoms with Crippen LogP contribution in [-0.2, 0) is 6.42 Å². The van der Waals surface area contributed by atoms with Crippen LogP contribution in [-0.4, -0.2) is 4.98 Å². The molecule has 4 nitrogen and oxygen atoms in total. The first-order valence-corrected chi connectivity index (χ1v) is 7.10. The molecule has 0 aliphatic rings. The maximum atomic E-state index is 13.2. The second-order valence-corrected chi connectivity index (χ2v) is 5.58. The molecular formula is C14H14FN3OS. The number of fused-ring (bicyclic) bond motifs is 1. The zero-order valence-corrected chi connectivity index (χ0v) is 11.7. The van der Waals surface area contributed by atoms with Crippen LogP contribution in [0, 0.1) is 12.7 Å². The van der Waals surface area contributed by atoms with Gasteiger partial charge in [-0.1, -0.05) is 0 Å². The van der Waals surface area contributed by atoms with Gasteiger partial charge in [-0.25, -0.2) is 14.8 Å². The third kappa shape index (κ3) is 2.58. The number of benzene rings is 1. The molecule has 2 aromatic heterocycles. The van der Waals surface area contributed by atoms with Crippen LogP contribution in [0.15, 0.2) is 34.1 Å². The van der Waals surface area contributed by atoms with Crippen molar-refractivity contribution in [2.24, 2.45) is 5.84 Å². The molecule has 104 valence electrons. The molecule has 1 unspecified atom stereocenters. The molecular weight excluding hydrogens is 277 g/mol. The topological polar surface area (TPSA) is 64.1 Å². The maximum Gasteiger partial charge on any atom is 0.134 e. The molecule has 0 bridgehead atoms. The van der Waals surface area contributed by atoms with E-state index >= 15 is 0 Å². The SMILES string of the molecule is Cc1csc(CC(NN)c2cc3cc(F)ccc3o2)n1. The predicted octanol–water partition coefficient (Wildman–Crippen LogP) is 3.08. The van der Waals surface area contributed by atoms with E-state index in [4.69, 9.17) is 10.3 Å². The highest BCUT2D eigenvalue weighted by Crippen LogP contribution is 2.27. The highest BCUT2D eigenvalue weighted by molar-refractivity contribution is 7.09. The second-order valence-electron chi connectivity index (χ2n) is 4.64. The van der Waals surface area contributed by atoms with Gasteiger partial charge in [0.15, 0.2) is 0 Å². The van der Waals surface area contributed by atoms with Gasteiger partial charge in [0.05, 0.1) is 11.0 Å². The van der Waals surface area contributed by atoms with E-state index in [0.717, 1.165) is 16.1 Å². The summed E-state index contributed by atoms with van der Waals surface area (Å²) >= 11 is 1.59. The van der Waals surface area contributed by atoms with Crippen molar-refractivity contribution in [3.05, 3.63) is 51.9 Å². The van der Waals surface area contributed by atoms with Gasteiger partial charge in [-0.05, 0) is 31.2 Å². The molecule has 3 aromatic rings. The van der Waals surface area contributed by atoms with Gasteiger partial charge in [-0.3, -0.25) is 5.84 Å². The van der Waals surface area contributed by atoms with E-state index in [0.29, 0.717) is 17.8 Å². The highest BCUT2D eigenvalue weighted by Gasteiger charge is 2.17. The summed E-state index contributed by atoms with van der Waals surface area (Å²) in [6.07, 6.45) is 0.636. The molecule has 6 heteroatoms. The Bertz CT molecular complexity index is 737. The average molecular weight is 291 g/mol. The molecule has 0 spiro atoms. The zero-order valence-electron chi connectivity index (χ0n) is 10.9. The minimum Gasteiger partial charge on any atom is -0.459 e. The number of nitrogens with one attached hydrogen (secondary N) is 1. The predicted molar refractivity (Wildman–Crippen MR) is 76.8 cm³/mol. The van der Waals surface area contributed by atoms with E-state index < -0.39 is 0 Å². The number of hydrazine groups is 1. The van der Waals surface area contributed by atoms with Gasteiger partial charge in [0, 0.05) is 22.9 Å². The third-order valence-corrected chi connectivity index (χ3v) is 4.08. The number of nitrogens with zero attached hydrogens (tertiary/aromatic N) is 1. The Balaban J connectivity index is 1.90. The summed E-state index contributed by atoms with van der Waals surface area (Å²) < 4.78 is 18.9. The monoisotopic (exact) mass is 291 g/mol. The molecule has 0 aliphatic carbocycles. The maximum absolute atomic E-state index is 13.2. The number of aryl methyl sites for hydroxylation is 1. The van der Waals surface area contributed by atoms with Gasteiger partial charge in [-0.2, -0.15) is 0 Å². The standard InChI is InChI=1S/C14H14FN3OS/c1-8-7-20-14(17-8)6-11(18-16)13-5-9-4-10(15)2-3-12(9)19-13/h2-5,7,11,18H,6,16H2,1H3. The van der Waals surface area contributed by atoms with E-state index in [1.807, 2.05) is 18.4 Å². The quantitative estimate of drug-likeness (QED) is 0.573. The van der Waals surface area contributed by atoms with Crippen LogP contribution in [0.2, 0.25) is 0 Å². The Morgan fingerprint density at radius 2 is 2.30 bits per heavy atom. The fraction of sp³-hybridized carbons (Fsp3) is 0.214. The number of halogens is 1. The summed E-state index contributed by atoms with van der Waals surface area (Å²) in [7, 11) is 0. The molecule has 0 amide bonds. The summed E-state index contributed by atoms with van der Waals surface area (Å²) in [5.74, 6) is 6.01. The Labute approximate surface area is 119 Å². The molecule has 3 N–H and O–H groups in total. The van der Waals surface area contributed by atoms with Gasteiger partial charge in [0.1, 0.15) is 17.2 Å². The minimum atomic E-state index is -0.280. The Kier molecular flexibility index (Phi) is 3.52. The summed E-state index contributed by atoms with van der Waals surface area (Å²) in [6, 6.07) is 6.07. The summed E-state index contributed by atoms with van der Waals surface area (Å²) in [5.41, 5.74) is 4.37. The number of hydrogen-bond donors (Lipinski definition) is 2. The van der Waals surface area contributed by atoms with Gasteiger partial charge in [0.2, 0.25) is 0 Å². The first-order valence-electron chi connectivity index (χ1n) is 6.22. The van der Waals surface area contributed by atoms with Crippen LogP contribution >= 0.6 is 11.3 Å². The van der Waals surface area contributed by atoms with E-state index in [1.54, 1.807) is 17.4 Å². The van der Waals surface area contributed by atoms with Crippen molar-refractivity contribution in [2.45, 2.75) is 19.4 Å². The van der Waals surface area contributed by atoms with E-state index in [1.165, 1.54) is 12.1 Å². The van der Waals surface area contributed by atoms with Crippen molar-refractivity contribution >= 4 is 22.3 Å². The lowest BCUT2D eigenvalue weighted by Crippen LogP contribution is -2.29. The smallest absolute Gasteiger partial charge is 0.134 e. The molecule has 0 radical (unpaired) electrons. The molecule has 1 atom stereocenters. The lowest BCUT2D eigenvalue weighted by Gasteiger charge is -2.10. The number of thiazole rings is 1. The van der Waals surface area contributed by atoms with Crippen LogP contribution in [0.5, 0.6) is 0 Å². The van der Waals surface area contributed by atoms with Crippen molar-refractivity contribution in [3.8, 4) is 0 Å². The average Bonchev–Trinajstić information content (AvgIpc) is 3.01. The fourth-order valence-electron chi connectivity index (χ4n) is 2.12. The fourth-order valence-corrected chi connectivity index (χ4v) is 2.94. The largest absolute Gasteiger partial charge is 0.459 e. The minimum absolute atomic E-state index is 0.184. The Hall–Kier alpha value is -1.76. The van der Waals surface area contributed by atoms with Crippen LogP contribution in [0.25, 0.3) is 11.0 Å².